The van der Waals surface area contributed by atoms with E-state index >= 15 is 0 Å². The van der Waals surface area contributed by atoms with Gasteiger partial charge in [0.25, 0.3) is 11.6 Å². The molecule has 0 saturated carbocycles. The van der Waals surface area contributed by atoms with E-state index in [2.05, 4.69) is 0 Å². The Morgan fingerprint density at radius 2 is 1.71 bits per heavy atom. The van der Waals surface area contributed by atoms with Crippen molar-refractivity contribution in [2.24, 2.45) is 0 Å². The van der Waals surface area contributed by atoms with E-state index in [9.17, 15) is 19.7 Å². The zero-order chi connectivity index (χ0) is 24.9. The fourth-order valence-corrected chi connectivity index (χ4v) is 4.27. The monoisotopic (exact) mass is 485 g/mol. The highest BCUT2D eigenvalue weighted by atomic mass is 16.6. The molecule has 1 saturated heterocycles. The highest BCUT2D eigenvalue weighted by Gasteiger charge is 2.26. The van der Waals surface area contributed by atoms with Gasteiger partial charge in [-0.15, -0.1) is 0 Å². The Labute approximate surface area is 202 Å². The maximum atomic E-state index is 12.7. The quantitative estimate of drug-likeness (QED) is 0.330. The summed E-state index contributed by atoms with van der Waals surface area (Å²) in [5.74, 6) is 0.0693. The van der Waals surface area contributed by atoms with Crippen molar-refractivity contribution in [3.63, 3.8) is 0 Å². The number of rotatable bonds is 7. The summed E-state index contributed by atoms with van der Waals surface area (Å²) in [6.45, 7) is 2.37. The lowest BCUT2D eigenvalue weighted by molar-refractivity contribution is -0.384. The number of fused-ring (bicyclic) bond motifs is 1. The number of morpholine rings is 1. The molecule has 0 N–H and O–H groups in total. The molecule has 186 valence electrons. The number of amides is 1. The van der Waals surface area contributed by atoms with E-state index in [0.29, 0.717) is 63.0 Å². The molecule has 1 fully saturated rings. The number of ether oxygens (including phenoxy) is 4. The summed E-state index contributed by atoms with van der Waals surface area (Å²) in [7, 11) is 3.12. The zero-order valence-electron chi connectivity index (χ0n) is 19.7. The van der Waals surface area contributed by atoms with Crippen LogP contribution in [0.5, 0.6) is 11.5 Å². The summed E-state index contributed by atoms with van der Waals surface area (Å²) in [6.07, 6.45) is 0.630. The van der Waals surface area contributed by atoms with Crippen molar-refractivity contribution in [2.45, 2.75) is 13.0 Å². The molecule has 0 atom stereocenters. The van der Waals surface area contributed by atoms with Crippen molar-refractivity contribution >= 4 is 23.3 Å². The molecule has 2 aliphatic heterocycles. The Morgan fingerprint density at radius 3 is 2.37 bits per heavy atom. The number of carbonyl (C=O) groups is 2. The Balaban J connectivity index is 1.40. The Bertz CT molecular complexity index is 1130. The van der Waals surface area contributed by atoms with Crippen LogP contribution in [0.2, 0.25) is 0 Å². The number of carbonyl (C=O) groups excluding carboxylic acids is 2. The van der Waals surface area contributed by atoms with E-state index in [1.165, 1.54) is 18.2 Å². The van der Waals surface area contributed by atoms with Gasteiger partial charge in [-0.3, -0.25) is 14.9 Å². The van der Waals surface area contributed by atoms with E-state index < -0.39 is 17.5 Å². The molecule has 11 nitrogen and oxygen atoms in total. The number of hydrogen-bond donors (Lipinski definition) is 0. The summed E-state index contributed by atoms with van der Waals surface area (Å²) in [4.78, 5) is 39.8. The van der Waals surface area contributed by atoms with E-state index in [1.54, 1.807) is 19.1 Å². The van der Waals surface area contributed by atoms with Crippen molar-refractivity contribution in [3.05, 3.63) is 57.1 Å². The van der Waals surface area contributed by atoms with Crippen molar-refractivity contribution in [1.82, 2.24) is 4.90 Å². The van der Waals surface area contributed by atoms with Gasteiger partial charge in [0.05, 0.1) is 37.9 Å². The van der Waals surface area contributed by atoms with Gasteiger partial charge in [0.2, 0.25) is 0 Å². The Kier molecular flexibility index (Phi) is 7.35. The lowest BCUT2D eigenvalue weighted by Crippen LogP contribution is -2.38. The van der Waals surface area contributed by atoms with Gasteiger partial charge in [-0.1, -0.05) is 0 Å². The lowest BCUT2D eigenvalue weighted by atomic mass is 9.99. The second kappa shape index (κ2) is 10.6. The smallest absolute Gasteiger partial charge is 0.338 e. The molecule has 2 aromatic rings. The number of methoxy groups -OCH3 is 2. The average molecular weight is 485 g/mol. The molecule has 2 heterocycles. The number of hydrogen-bond acceptors (Lipinski definition) is 9. The SMILES string of the molecule is COc1cc2c(cc1OC)CN(C(=O)COC(=O)c1ccc(N3CCOCC3)c([N+](=O)[O-])c1)CC2. The van der Waals surface area contributed by atoms with Crippen molar-refractivity contribution < 1.29 is 33.5 Å². The molecule has 11 heteroatoms. The summed E-state index contributed by atoms with van der Waals surface area (Å²) in [5, 5.41) is 11.6. The molecule has 0 spiro atoms. The van der Waals surface area contributed by atoms with Crippen molar-refractivity contribution in [3.8, 4) is 11.5 Å². The number of benzene rings is 2. The van der Waals surface area contributed by atoms with Crippen LogP contribution in [-0.2, 0) is 27.2 Å². The summed E-state index contributed by atoms with van der Waals surface area (Å²) in [6, 6.07) is 7.94. The maximum absolute atomic E-state index is 12.7. The molecule has 0 unspecified atom stereocenters. The van der Waals surface area contributed by atoms with Crippen molar-refractivity contribution in [2.75, 3.05) is 58.6 Å². The van der Waals surface area contributed by atoms with E-state index in [0.717, 1.165) is 11.1 Å². The molecular formula is C24H27N3O8. The largest absolute Gasteiger partial charge is 0.493 e. The maximum Gasteiger partial charge on any atom is 0.338 e. The van der Waals surface area contributed by atoms with Crippen LogP contribution in [0.25, 0.3) is 0 Å². The van der Waals surface area contributed by atoms with E-state index in [1.807, 2.05) is 17.0 Å². The first-order valence-electron chi connectivity index (χ1n) is 11.2. The lowest BCUT2D eigenvalue weighted by Gasteiger charge is -2.29. The zero-order valence-corrected chi connectivity index (χ0v) is 19.7. The second-order valence-electron chi connectivity index (χ2n) is 8.18. The third kappa shape index (κ3) is 5.29. The molecule has 2 aliphatic rings. The van der Waals surface area contributed by atoms with Crippen LogP contribution in [0.15, 0.2) is 30.3 Å². The molecule has 0 aliphatic carbocycles. The van der Waals surface area contributed by atoms with Crippen LogP contribution in [0, 0.1) is 10.1 Å². The van der Waals surface area contributed by atoms with E-state index in [-0.39, 0.29) is 17.2 Å². The molecule has 2 aromatic carbocycles. The molecule has 4 rings (SSSR count). The van der Waals surface area contributed by atoms with Gasteiger partial charge in [-0.05, 0) is 41.8 Å². The fourth-order valence-electron chi connectivity index (χ4n) is 4.27. The van der Waals surface area contributed by atoms with Gasteiger partial charge in [0, 0.05) is 32.2 Å². The normalized spacial score (nSPS) is 15.3. The first-order chi connectivity index (χ1) is 16.9. The minimum absolute atomic E-state index is 0.0160. The second-order valence-corrected chi connectivity index (χ2v) is 8.18. The molecule has 0 bridgehead atoms. The summed E-state index contributed by atoms with van der Waals surface area (Å²) in [5.41, 5.74) is 2.25. The van der Waals surface area contributed by atoms with Crippen LogP contribution in [0.1, 0.15) is 21.5 Å². The summed E-state index contributed by atoms with van der Waals surface area (Å²) < 4.78 is 21.2. The molecule has 0 radical (unpaired) electrons. The highest BCUT2D eigenvalue weighted by Crippen LogP contribution is 2.33. The third-order valence-electron chi connectivity index (χ3n) is 6.16. The number of nitro benzene ring substituents is 1. The molecule has 1 amide bonds. The minimum atomic E-state index is -0.793. The first-order valence-corrected chi connectivity index (χ1v) is 11.2. The van der Waals surface area contributed by atoms with Crippen LogP contribution in [-0.4, -0.2) is 75.4 Å². The Morgan fingerprint density at radius 1 is 1.03 bits per heavy atom. The van der Waals surface area contributed by atoms with Gasteiger partial charge in [-0.25, -0.2) is 4.79 Å². The van der Waals surface area contributed by atoms with Crippen molar-refractivity contribution in [1.29, 1.82) is 0 Å². The standard InChI is InChI=1S/C24H27N3O8/c1-32-21-12-16-5-6-26(14-18(16)13-22(21)33-2)23(28)15-35-24(29)17-3-4-19(20(11-17)27(30)31)25-7-9-34-10-8-25/h3-4,11-13H,5-10,14-15H2,1-2H3. The van der Waals surface area contributed by atoms with Gasteiger partial charge >= 0.3 is 5.97 Å². The fraction of sp³-hybridized carbons (Fsp3) is 0.417. The average Bonchev–Trinajstić information content (AvgIpc) is 2.90. The number of nitrogens with zero attached hydrogens (tertiary/aromatic N) is 3. The van der Waals surface area contributed by atoms with E-state index in [4.69, 9.17) is 18.9 Å². The molecule has 35 heavy (non-hydrogen) atoms. The van der Waals surface area contributed by atoms with Crippen LogP contribution in [0.3, 0.4) is 0 Å². The predicted molar refractivity (Wildman–Crippen MR) is 125 cm³/mol. The topological polar surface area (TPSA) is 121 Å². The van der Waals surface area contributed by atoms with Crippen LogP contribution >= 0.6 is 0 Å². The molecular weight excluding hydrogens is 458 g/mol. The number of esters is 1. The van der Waals surface area contributed by atoms with Gasteiger partial charge in [-0.2, -0.15) is 0 Å². The number of anilines is 1. The first kappa shape index (κ1) is 24.3. The third-order valence-corrected chi connectivity index (χ3v) is 6.16. The summed E-state index contributed by atoms with van der Waals surface area (Å²) >= 11 is 0. The molecule has 0 aromatic heterocycles. The van der Waals surface area contributed by atoms with Gasteiger partial charge < -0.3 is 28.7 Å². The predicted octanol–water partition coefficient (Wildman–Crippen LogP) is 2.19. The Hall–Kier alpha value is -3.86. The van der Waals surface area contributed by atoms with Crippen LogP contribution in [0.4, 0.5) is 11.4 Å². The highest BCUT2D eigenvalue weighted by molar-refractivity contribution is 5.93. The van der Waals surface area contributed by atoms with Crippen LogP contribution < -0.4 is 14.4 Å². The van der Waals surface area contributed by atoms with Gasteiger partial charge in [0.15, 0.2) is 18.1 Å². The number of nitro groups is 1. The minimum Gasteiger partial charge on any atom is -0.493 e. The van der Waals surface area contributed by atoms with Gasteiger partial charge in [0.1, 0.15) is 5.69 Å².